The number of aryl methyl sites for hydroxylation is 1. The van der Waals surface area contributed by atoms with Crippen LogP contribution in [0.4, 0.5) is 22.2 Å². The normalized spacial score (nSPS) is 15.2. The van der Waals surface area contributed by atoms with E-state index in [9.17, 15) is 0 Å². The number of nitrogen functional groups attached to an aromatic ring is 1. The Bertz CT molecular complexity index is 645. The maximum Gasteiger partial charge on any atom is 0.251 e. The van der Waals surface area contributed by atoms with E-state index in [1.54, 1.807) is 0 Å². The van der Waals surface area contributed by atoms with Crippen LogP contribution in [0.5, 0.6) is 0 Å². The predicted octanol–water partition coefficient (Wildman–Crippen LogP) is 3.70. The van der Waals surface area contributed by atoms with Crippen LogP contribution >= 0.6 is 11.3 Å². The van der Waals surface area contributed by atoms with Gasteiger partial charge in [-0.1, -0.05) is 18.3 Å². The third-order valence-electron chi connectivity index (χ3n) is 3.48. The first-order chi connectivity index (χ1) is 10.3. The van der Waals surface area contributed by atoms with E-state index in [2.05, 4.69) is 25.3 Å². The topological polar surface area (TPSA) is 79.8 Å². The van der Waals surface area contributed by atoms with Gasteiger partial charge in [-0.05, 0) is 37.5 Å². The van der Waals surface area contributed by atoms with Crippen molar-refractivity contribution >= 4 is 33.5 Å². The van der Waals surface area contributed by atoms with Gasteiger partial charge >= 0.3 is 0 Å². The van der Waals surface area contributed by atoms with E-state index in [0.717, 1.165) is 30.2 Å². The fourth-order valence-corrected chi connectivity index (χ4v) is 2.93. The molecule has 0 saturated carbocycles. The van der Waals surface area contributed by atoms with Crippen molar-refractivity contribution in [2.45, 2.75) is 26.2 Å². The Morgan fingerprint density at radius 1 is 1.24 bits per heavy atom. The lowest BCUT2D eigenvalue weighted by atomic mass is 10.2. The molecule has 1 saturated heterocycles. The second-order valence-corrected chi connectivity index (χ2v) is 6.01. The molecule has 1 aromatic carbocycles. The van der Waals surface area contributed by atoms with Crippen LogP contribution in [0.3, 0.4) is 0 Å². The summed E-state index contributed by atoms with van der Waals surface area (Å²) < 4.78 is 0. The minimum atomic E-state index is 0.565. The smallest absolute Gasteiger partial charge is 0.251 e. The van der Waals surface area contributed by atoms with Gasteiger partial charge in [0.05, 0.1) is 5.69 Å². The summed E-state index contributed by atoms with van der Waals surface area (Å²) in [5.74, 6) is 0. The quantitative estimate of drug-likeness (QED) is 0.690. The first-order valence-electron chi connectivity index (χ1n) is 7.15. The van der Waals surface area contributed by atoms with Crippen molar-refractivity contribution in [1.29, 1.82) is 0 Å². The van der Waals surface area contributed by atoms with Crippen LogP contribution in [0.1, 0.15) is 24.8 Å². The van der Waals surface area contributed by atoms with Gasteiger partial charge < -0.3 is 10.6 Å². The lowest BCUT2D eigenvalue weighted by Crippen LogP contribution is -2.17. The van der Waals surface area contributed by atoms with Gasteiger partial charge in [-0.15, -0.1) is 20.4 Å². The average Bonchev–Trinajstić information content (AvgIpc) is 3.17. The summed E-state index contributed by atoms with van der Waals surface area (Å²) in [6.45, 7) is 4.24. The Hall–Kier alpha value is -2.02. The van der Waals surface area contributed by atoms with Gasteiger partial charge in [0.15, 0.2) is 0 Å². The minimum Gasteiger partial charge on any atom is -0.397 e. The number of anilines is 2. The van der Waals surface area contributed by atoms with Crippen LogP contribution in [0, 0.1) is 0 Å². The monoisotopic (exact) mass is 302 g/mol. The zero-order chi connectivity index (χ0) is 14.7. The second-order valence-electron chi connectivity index (χ2n) is 4.97. The van der Waals surface area contributed by atoms with Crippen molar-refractivity contribution in [2.24, 2.45) is 10.2 Å². The Morgan fingerprint density at radius 3 is 2.71 bits per heavy atom. The summed E-state index contributed by atoms with van der Waals surface area (Å²) in [5, 5.41) is 17.8. The Morgan fingerprint density at radius 2 is 2.05 bits per heavy atom. The van der Waals surface area contributed by atoms with E-state index in [1.807, 2.05) is 25.1 Å². The standard InChI is InChI=1S/C14H18N6S/c1-2-13-17-19-14(21-13)18-16-12-6-5-10(9-11(12)15)20-7-3-4-8-20/h5-6,9H,2-4,7-8,15H2,1H3. The molecule has 1 aliphatic rings. The number of nitrogens with two attached hydrogens (primary N) is 1. The molecular formula is C14H18N6S. The lowest BCUT2D eigenvalue weighted by molar-refractivity contribution is 0.949. The van der Waals surface area contributed by atoms with Crippen molar-refractivity contribution < 1.29 is 0 Å². The largest absolute Gasteiger partial charge is 0.397 e. The molecule has 0 atom stereocenters. The third-order valence-corrected chi connectivity index (χ3v) is 4.44. The van der Waals surface area contributed by atoms with Crippen LogP contribution in [0.2, 0.25) is 0 Å². The number of aromatic nitrogens is 2. The molecule has 1 aliphatic heterocycles. The number of azo groups is 1. The average molecular weight is 302 g/mol. The molecule has 0 spiro atoms. The summed E-state index contributed by atoms with van der Waals surface area (Å²) in [4.78, 5) is 2.34. The first-order valence-corrected chi connectivity index (χ1v) is 7.96. The van der Waals surface area contributed by atoms with Crippen LogP contribution in [-0.2, 0) is 6.42 Å². The molecule has 110 valence electrons. The molecule has 6 nitrogen and oxygen atoms in total. The molecule has 2 heterocycles. The van der Waals surface area contributed by atoms with Gasteiger partial charge in [-0.2, -0.15) is 0 Å². The van der Waals surface area contributed by atoms with Crippen molar-refractivity contribution in [3.8, 4) is 0 Å². The summed E-state index contributed by atoms with van der Waals surface area (Å²) in [5.41, 5.74) is 8.55. The van der Waals surface area contributed by atoms with E-state index in [4.69, 9.17) is 5.73 Å². The van der Waals surface area contributed by atoms with Gasteiger partial charge in [0.1, 0.15) is 10.7 Å². The SMILES string of the molecule is CCc1nnc(N=Nc2ccc(N3CCCC3)cc2N)s1. The zero-order valence-corrected chi connectivity index (χ0v) is 12.8. The molecule has 7 heteroatoms. The van der Waals surface area contributed by atoms with Crippen LogP contribution in [0.15, 0.2) is 28.4 Å². The molecule has 0 bridgehead atoms. The highest BCUT2D eigenvalue weighted by atomic mass is 32.1. The minimum absolute atomic E-state index is 0.565. The summed E-state index contributed by atoms with van der Waals surface area (Å²) in [7, 11) is 0. The Labute approximate surface area is 127 Å². The molecule has 2 N–H and O–H groups in total. The first kappa shape index (κ1) is 13.9. The van der Waals surface area contributed by atoms with E-state index in [-0.39, 0.29) is 0 Å². The van der Waals surface area contributed by atoms with E-state index >= 15 is 0 Å². The molecule has 0 aliphatic carbocycles. The summed E-state index contributed by atoms with van der Waals surface area (Å²) >= 11 is 1.45. The predicted molar refractivity (Wildman–Crippen MR) is 85.8 cm³/mol. The highest BCUT2D eigenvalue weighted by Crippen LogP contribution is 2.31. The maximum atomic E-state index is 6.07. The molecular weight excluding hydrogens is 284 g/mol. The number of nitrogens with zero attached hydrogens (tertiary/aromatic N) is 5. The lowest BCUT2D eigenvalue weighted by Gasteiger charge is -2.18. The van der Waals surface area contributed by atoms with Crippen LogP contribution < -0.4 is 10.6 Å². The fourth-order valence-electron chi connectivity index (χ4n) is 2.33. The van der Waals surface area contributed by atoms with Crippen molar-refractivity contribution in [1.82, 2.24) is 10.2 Å². The third kappa shape index (κ3) is 3.18. The van der Waals surface area contributed by atoms with Crippen molar-refractivity contribution in [2.75, 3.05) is 23.7 Å². The number of hydrogen-bond donors (Lipinski definition) is 1. The van der Waals surface area contributed by atoms with Crippen LogP contribution in [0.25, 0.3) is 0 Å². The zero-order valence-electron chi connectivity index (χ0n) is 12.0. The van der Waals surface area contributed by atoms with E-state index in [1.165, 1.54) is 24.2 Å². The van der Waals surface area contributed by atoms with Gasteiger partial charge in [0.25, 0.3) is 5.13 Å². The number of benzene rings is 1. The highest BCUT2D eigenvalue weighted by Gasteiger charge is 2.13. The Balaban J connectivity index is 1.76. The van der Waals surface area contributed by atoms with Gasteiger partial charge in [-0.25, -0.2) is 0 Å². The molecule has 0 amide bonds. The van der Waals surface area contributed by atoms with Gasteiger partial charge in [0, 0.05) is 18.8 Å². The Kier molecular flexibility index (Phi) is 4.10. The molecule has 21 heavy (non-hydrogen) atoms. The molecule has 0 radical (unpaired) electrons. The van der Waals surface area contributed by atoms with Crippen molar-refractivity contribution in [3.05, 3.63) is 23.2 Å². The van der Waals surface area contributed by atoms with Crippen molar-refractivity contribution in [3.63, 3.8) is 0 Å². The van der Waals surface area contributed by atoms with Gasteiger partial charge in [0.2, 0.25) is 0 Å². The fraction of sp³-hybridized carbons (Fsp3) is 0.429. The van der Waals surface area contributed by atoms with E-state index < -0.39 is 0 Å². The molecule has 1 fully saturated rings. The maximum absolute atomic E-state index is 6.07. The van der Waals surface area contributed by atoms with Crippen LogP contribution in [-0.4, -0.2) is 23.3 Å². The number of rotatable bonds is 4. The summed E-state index contributed by atoms with van der Waals surface area (Å²) in [6.07, 6.45) is 3.36. The second kappa shape index (κ2) is 6.17. The van der Waals surface area contributed by atoms with Gasteiger partial charge in [-0.3, -0.25) is 0 Å². The number of hydrogen-bond acceptors (Lipinski definition) is 7. The highest BCUT2D eigenvalue weighted by molar-refractivity contribution is 7.14. The molecule has 3 rings (SSSR count). The summed E-state index contributed by atoms with van der Waals surface area (Å²) in [6, 6.07) is 5.93. The molecule has 2 aromatic rings. The molecule has 1 aromatic heterocycles. The molecule has 0 unspecified atom stereocenters. The van der Waals surface area contributed by atoms with E-state index in [0.29, 0.717) is 16.5 Å².